The third-order valence-corrected chi connectivity index (χ3v) is 4.95. The topological polar surface area (TPSA) is 71.3 Å². The number of nitrogens with one attached hydrogen (secondary N) is 2. The molecule has 1 unspecified atom stereocenters. The number of benzene rings is 2. The number of carbonyl (C=O) groups is 2. The number of amides is 2. The predicted molar refractivity (Wildman–Crippen MR) is 117 cm³/mol. The Balaban J connectivity index is 1.44. The van der Waals surface area contributed by atoms with Gasteiger partial charge >= 0.3 is 0 Å². The molecule has 0 aliphatic heterocycles. The van der Waals surface area contributed by atoms with Gasteiger partial charge in [-0.1, -0.05) is 60.7 Å². The molecule has 5 nitrogen and oxygen atoms in total. The minimum atomic E-state index is -0.261. The highest BCUT2D eigenvalue weighted by atomic mass is 16.3. The van der Waals surface area contributed by atoms with Crippen molar-refractivity contribution in [1.29, 1.82) is 0 Å². The average Bonchev–Trinajstić information content (AvgIpc) is 3.32. The lowest BCUT2D eigenvalue weighted by Crippen LogP contribution is -2.30. The largest absolute Gasteiger partial charge is 0.459 e. The summed E-state index contributed by atoms with van der Waals surface area (Å²) in [5.41, 5.74) is 2.42. The molecule has 0 bridgehead atoms. The van der Waals surface area contributed by atoms with E-state index in [1.807, 2.05) is 24.3 Å². The Morgan fingerprint density at radius 3 is 2.30 bits per heavy atom. The predicted octanol–water partition coefficient (Wildman–Crippen LogP) is 4.67. The Morgan fingerprint density at radius 1 is 0.867 bits per heavy atom. The highest BCUT2D eigenvalue weighted by molar-refractivity contribution is 5.91. The molecule has 2 N–H and O–H groups in total. The highest BCUT2D eigenvalue weighted by Crippen LogP contribution is 2.20. The first-order chi connectivity index (χ1) is 14.7. The third-order valence-electron chi connectivity index (χ3n) is 4.95. The highest BCUT2D eigenvalue weighted by Gasteiger charge is 2.14. The van der Waals surface area contributed by atoms with Gasteiger partial charge in [0.2, 0.25) is 5.91 Å². The van der Waals surface area contributed by atoms with E-state index in [0.717, 1.165) is 24.8 Å². The summed E-state index contributed by atoms with van der Waals surface area (Å²) in [4.78, 5) is 24.3. The van der Waals surface area contributed by atoms with Crippen LogP contribution in [0.2, 0.25) is 0 Å². The van der Waals surface area contributed by atoms with E-state index in [1.165, 1.54) is 11.8 Å². The summed E-state index contributed by atoms with van der Waals surface area (Å²) >= 11 is 0. The SMILES string of the molecule is O=C(CCCNC(=O)c1ccco1)NC(CCCc1ccccc1)c1ccccc1. The van der Waals surface area contributed by atoms with Gasteiger partial charge in [0.1, 0.15) is 0 Å². The Labute approximate surface area is 177 Å². The van der Waals surface area contributed by atoms with Crippen LogP contribution >= 0.6 is 0 Å². The monoisotopic (exact) mass is 404 g/mol. The summed E-state index contributed by atoms with van der Waals surface area (Å²) in [6.07, 6.45) is 5.25. The van der Waals surface area contributed by atoms with Crippen molar-refractivity contribution >= 4 is 11.8 Å². The molecular weight excluding hydrogens is 376 g/mol. The first-order valence-corrected chi connectivity index (χ1v) is 10.4. The average molecular weight is 405 g/mol. The van der Waals surface area contributed by atoms with Crippen LogP contribution in [0.5, 0.6) is 0 Å². The van der Waals surface area contributed by atoms with E-state index < -0.39 is 0 Å². The summed E-state index contributed by atoms with van der Waals surface area (Å²) in [6, 6.07) is 23.7. The van der Waals surface area contributed by atoms with Crippen LogP contribution in [0.15, 0.2) is 83.5 Å². The van der Waals surface area contributed by atoms with Crippen LogP contribution in [0.3, 0.4) is 0 Å². The molecule has 2 amide bonds. The van der Waals surface area contributed by atoms with Gasteiger partial charge < -0.3 is 15.1 Å². The molecule has 3 rings (SSSR count). The number of carbonyl (C=O) groups excluding carboxylic acids is 2. The van der Waals surface area contributed by atoms with E-state index in [1.54, 1.807) is 12.1 Å². The zero-order valence-corrected chi connectivity index (χ0v) is 17.1. The van der Waals surface area contributed by atoms with Gasteiger partial charge in [0, 0.05) is 13.0 Å². The van der Waals surface area contributed by atoms with Crippen LogP contribution < -0.4 is 10.6 Å². The Bertz CT molecular complexity index is 893. The third kappa shape index (κ3) is 6.92. The van der Waals surface area contributed by atoms with E-state index in [2.05, 4.69) is 47.0 Å². The molecule has 0 saturated heterocycles. The molecule has 0 saturated carbocycles. The van der Waals surface area contributed by atoms with Crippen molar-refractivity contribution in [2.75, 3.05) is 6.54 Å². The summed E-state index contributed by atoms with van der Waals surface area (Å²) in [7, 11) is 0. The molecule has 0 radical (unpaired) electrons. The molecule has 3 aromatic rings. The van der Waals surface area contributed by atoms with Gasteiger partial charge in [0.25, 0.3) is 5.91 Å². The minimum absolute atomic E-state index is 0.00388. The summed E-state index contributed by atoms with van der Waals surface area (Å²) < 4.78 is 5.05. The maximum Gasteiger partial charge on any atom is 0.286 e. The number of furan rings is 1. The number of hydrogen-bond donors (Lipinski definition) is 2. The van der Waals surface area contributed by atoms with E-state index >= 15 is 0 Å². The van der Waals surface area contributed by atoms with Gasteiger partial charge in [-0.25, -0.2) is 0 Å². The van der Waals surface area contributed by atoms with Gasteiger partial charge in [-0.2, -0.15) is 0 Å². The van der Waals surface area contributed by atoms with Crippen molar-refractivity contribution in [2.45, 2.75) is 38.1 Å². The standard InChI is InChI=1S/C25H28N2O3/c28-24(17-8-18-26-25(29)23-16-9-19-30-23)27-22(21-13-5-2-6-14-21)15-7-12-20-10-3-1-4-11-20/h1-6,9-11,13-14,16,19,22H,7-8,12,15,17-18H2,(H,26,29)(H,27,28). The van der Waals surface area contributed by atoms with Crippen LogP contribution in [-0.4, -0.2) is 18.4 Å². The lowest BCUT2D eigenvalue weighted by molar-refractivity contribution is -0.122. The van der Waals surface area contributed by atoms with Crippen molar-refractivity contribution in [3.8, 4) is 0 Å². The molecule has 1 aromatic heterocycles. The number of hydrogen-bond acceptors (Lipinski definition) is 3. The molecular formula is C25H28N2O3. The van der Waals surface area contributed by atoms with E-state index in [4.69, 9.17) is 4.42 Å². The maximum absolute atomic E-state index is 12.5. The first-order valence-electron chi connectivity index (χ1n) is 10.4. The second kappa shape index (κ2) is 11.6. The smallest absolute Gasteiger partial charge is 0.286 e. The van der Waals surface area contributed by atoms with Gasteiger partial charge in [-0.3, -0.25) is 9.59 Å². The van der Waals surface area contributed by atoms with Crippen LogP contribution in [0.4, 0.5) is 0 Å². The van der Waals surface area contributed by atoms with E-state index in [9.17, 15) is 9.59 Å². The van der Waals surface area contributed by atoms with Crippen molar-refractivity contribution in [3.63, 3.8) is 0 Å². The minimum Gasteiger partial charge on any atom is -0.459 e. The molecule has 0 fully saturated rings. The molecule has 30 heavy (non-hydrogen) atoms. The fourth-order valence-corrected chi connectivity index (χ4v) is 3.37. The molecule has 1 heterocycles. The van der Waals surface area contributed by atoms with Gasteiger partial charge in [0.15, 0.2) is 5.76 Å². The van der Waals surface area contributed by atoms with Gasteiger partial charge in [-0.15, -0.1) is 0 Å². The zero-order valence-electron chi connectivity index (χ0n) is 17.1. The van der Waals surface area contributed by atoms with Crippen LogP contribution in [0.25, 0.3) is 0 Å². The van der Waals surface area contributed by atoms with Crippen LogP contribution in [0.1, 0.15) is 53.4 Å². The second-order valence-corrected chi connectivity index (χ2v) is 7.25. The Morgan fingerprint density at radius 2 is 1.60 bits per heavy atom. The maximum atomic E-state index is 12.5. The Hall–Kier alpha value is -3.34. The van der Waals surface area contributed by atoms with Crippen LogP contribution in [-0.2, 0) is 11.2 Å². The molecule has 1 atom stereocenters. The van der Waals surface area contributed by atoms with Crippen LogP contribution in [0, 0.1) is 0 Å². The quantitative estimate of drug-likeness (QED) is 0.456. The first kappa shape index (κ1) is 21.4. The van der Waals surface area contributed by atoms with Crippen molar-refractivity contribution in [3.05, 3.63) is 95.9 Å². The fourth-order valence-electron chi connectivity index (χ4n) is 3.37. The van der Waals surface area contributed by atoms with Gasteiger partial charge in [-0.05, 0) is 48.9 Å². The molecule has 2 aromatic carbocycles. The Kier molecular flexibility index (Phi) is 8.27. The molecule has 5 heteroatoms. The van der Waals surface area contributed by atoms with Gasteiger partial charge in [0.05, 0.1) is 12.3 Å². The number of aryl methyl sites for hydroxylation is 1. The van der Waals surface area contributed by atoms with Crippen molar-refractivity contribution < 1.29 is 14.0 Å². The summed E-state index contributed by atoms with van der Waals surface area (Å²) in [5, 5.41) is 5.93. The molecule has 156 valence electrons. The lowest BCUT2D eigenvalue weighted by Gasteiger charge is -2.19. The molecule has 0 aliphatic rings. The second-order valence-electron chi connectivity index (χ2n) is 7.25. The zero-order chi connectivity index (χ0) is 21.0. The molecule has 0 aliphatic carbocycles. The van der Waals surface area contributed by atoms with E-state index in [-0.39, 0.29) is 23.6 Å². The van der Waals surface area contributed by atoms with Crippen molar-refractivity contribution in [1.82, 2.24) is 10.6 Å². The number of rotatable bonds is 11. The summed E-state index contributed by atoms with van der Waals surface area (Å²) in [5.74, 6) is 0.0151. The fraction of sp³-hybridized carbons (Fsp3) is 0.280. The lowest BCUT2D eigenvalue weighted by atomic mass is 9.98. The van der Waals surface area contributed by atoms with Crippen molar-refractivity contribution in [2.24, 2.45) is 0 Å². The molecule has 0 spiro atoms. The summed E-state index contributed by atoms with van der Waals surface area (Å²) in [6.45, 7) is 0.428. The van der Waals surface area contributed by atoms with E-state index in [0.29, 0.717) is 19.4 Å². The normalized spacial score (nSPS) is 11.6.